The SMILES string of the molecule is Cc1cc(CCBr)c(C)[nH]1. The lowest BCUT2D eigenvalue weighted by atomic mass is 10.2. The van der Waals surface area contributed by atoms with Gasteiger partial charge < -0.3 is 4.98 Å². The zero-order chi connectivity index (χ0) is 7.56. The summed E-state index contributed by atoms with van der Waals surface area (Å²) >= 11 is 3.42. The Morgan fingerprint density at radius 3 is 2.60 bits per heavy atom. The highest BCUT2D eigenvalue weighted by atomic mass is 79.9. The molecule has 0 aliphatic heterocycles. The topological polar surface area (TPSA) is 15.8 Å². The minimum absolute atomic E-state index is 1.05. The maximum Gasteiger partial charge on any atom is 0.0150 e. The Morgan fingerprint density at radius 2 is 2.20 bits per heavy atom. The number of hydrogen-bond donors (Lipinski definition) is 1. The summed E-state index contributed by atoms with van der Waals surface area (Å²) in [6.45, 7) is 4.20. The third kappa shape index (κ3) is 1.63. The molecule has 0 bridgehead atoms. The van der Waals surface area contributed by atoms with Crippen molar-refractivity contribution in [3.63, 3.8) is 0 Å². The lowest BCUT2D eigenvalue weighted by Gasteiger charge is -1.92. The molecule has 1 N–H and O–H groups in total. The lowest BCUT2D eigenvalue weighted by molar-refractivity contribution is 1.11. The van der Waals surface area contributed by atoms with Crippen LogP contribution in [0.15, 0.2) is 6.07 Å². The van der Waals surface area contributed by atoms with Crippen LogP contribution in [-0.2, 0) is 6.42 Å². The van der Waals surface area contributed by atoms with Crippen LogP contribution in [0.2, 0.25) is 0 Å². The summed E-state index contributed by atoms with van der Waals surface area (Å²) in [5, 5.41) is 1.05. The number of aryl methyl sites for hydroxylation is 3. The Hall–Kier alpha value is -0.240. The van der Waals surface area contributed by atoms with Crippen molar-refractivity contribution in [1.29, 1.82) is 0 Å². The second kappa shape index (κ2) is 3.24. The van der Waals surface area contributed by atoms with Crippen molar-refractivity contribution in [3.8, 4) is 0 Å². The lowest BCUT2D eigenvalue weighted by Crippen LogP contribution is -1.84. The van der Waals surface area contributed by atoms with Crippen LogP contribution in [0.1, 0.15) is 17.0 Å². The minimum Gasteiger partial charge on any atom is -0.362 e. The van der Waals surface area contributed by atoms with E-state index in [1.54, 1.807) is 0 Å². The van der Waals surface area contributed by atoms with Crippen LogP contribution < -0.4 is 0 Å². The monoisotopic (exact) mass is 201 g/mol. The van der Waals surface area contributed by atoms with E-state index in [0.29, 0.717) is 0 Å². The fourth-order valence-corrected chi connectivity index (χ4v) is 1.57. The molecule has 0 saturated heterocycles. The molecular weight excluding hydrogens is 190 g/mol. The van der Waals surface area contributed by atoms with E-state index in [9.17, 15) is 0 Å². The van der Waals surface area contributed by atoms with Crippen molar-refractivity contribution in [3.05, 3.63) is 23.0 Å². The van der Waals surface area contributed by atoms with Gasteiger partial charge >= 0.3 is 0 Å². The van der Waals surface area contributed by atoms with Gasteiger partial charge in [-0.25, -0.2) is 0 Å². The molecule has 0 amide bonds. The molecule has 1 aromatic heterocycles. The van der Waals surface area contributed by atoms with E-state index in [4.69, 9.17) is 0 Å². The first-order valence-electron chi connectivity index (χ1n) is 3.45. The third-order valence-electron chi connectivity index (χ3n) is 1.62. The van der Waals surface area contributed by atoms with Gasteiger partial charge in [-0.1, -0.05) is 15.9 Å². The molecule has 1 nitrogen and oxygen atoms in total. The van der Waals surface area contributed by atoms with E-state index in [1.807, 2.05) is 0 Å². The van der Waals surface area contributed by atoms with Crippen molar-refractivity contribution in [2.75, 3.05) is 5.33 Å². The second-order valence-corrected chi connectivity index (χ2v) is 3.33. The van der Waals surface area contributed by atoms with E-state index >= 15 is 0 Å². The number of aromatic amines is 1. The zero-order valence-electron chi connectivity index (χ0n) is 6.37. The predicted octanol–water partition coefficient (Wildman–Crippen LogP) is 2.57. The molecule has 0 aliphatic rings. The summed E-state index contributed by atoms with van der Waals surface area (Å²) in [5.74, 6) is 0. The first kappa shape index (κ1) is 7.86. The quantitative estimate of drug-likeness (QED) is 0.709. The van der Waals surface area contributed by atoms with Gasteiger partial charge in [0.2, 0.25) is 0 Å². The molecule has 56 valence electrons. The van der Waals surface area contributed by atoms with Crippen LogP contribution in [-0.4, -0.2) is 10.3 Å². The van der Waals surface area contributed by atoms with E-state index in [1.165, 1.54) is 17.0 Å². The Bertz CT molecular complexity index is 215. The number of rotatable bonds is 2. The predicted molar refractivity (Wildman–Crippen MR) is 47.8 cm³/mol. The van der Waals surface area contributed by atoms with Crippen molar-refractivity contribution in [1.82, 2.24) is 4.98 Å². The van der Waals surface area contributed by atoms with E-state index < -0.39 is 0 Å². The molecule has 1 heterocycles. The number of H-pyrrole nitrogens is 1. The molecular formula is C8H12BrN. The molecule has 10 heavy (non-hydrogen) atoms. The van der Waals surface area contributed by atoms with Crippen molar-refractivity contribution >= 4 is 15.9 Å². The standard InChI is InChI=1S/C8H12BrN/c1-6-5-8(3-4-9)7(2)10-6/h5,10H,3-4H2,1-2H3. The molecule has 0 unspecified atom stereocenters. The molecule has 0 atom stereocenters. The Balaban J connectivity index is 2.81. The maximum absolute atomic E-state index is 3.42. The summed E-state index contributed by atoms with van der Waals surface area (Å²) in [5.41, 5.74) is 3.99. The van der Waals surface area contributed by atoms with Crippen molar-refractivity contribution in [2.24, 2.45) is 0 Å². The molecule has 0 aliphatic carbocycles. The fourth-order valence-electron chi connectivity index (χ4n) is 1.14. The molecule has 0 spiro atoms. The highest BCUT2D eigenvalue weighted by Crippen LogP contribution is 2.10. The fraction of sp³-hybridized carbons (Fsp3) is 0.500. The molecule has 1 rings (SSSR count). The minimum atomic E-state index is 1.05. The van der Waals surface area contributed by atoms with Gasteiger partial charge in [0.25, 0.3) is 0 Å². The van der Waals surface area contributed by atoms with Gasteiger partial charge in [-0.05, 0) is 31.9 Å². The smallest absolute Gasteiger partial charge is 0.0150 e. The zero-order valence-corrected chi connectivity index (χ0v) is 7.96. The summed E-state index contributed by atoms with van der Waals surface area (Å²) in [6, 6.07) is 2.20. The van der Waals surface area contributed by atoms with E-state index in [-0.39, 0.29) is 0 Å². The first-order chi connectivity index (χ1) is 4.74. The van der Waals surface area contributed by atoms with Gasteiger partial charge in [0.1, 0.15) is 0 Å². The van der Waals surface area contributed by atoms with Gasteiger partial charge in [0.05, 0.1) is 0 Å². The van der Waals surface area contributed by atoms with Gasteiger partial charge in [-0.2, -0.15) is 0 Å². The van der Waals surface area contributed by atoms with Crippen molar-refractivity contribution in [2.45, 2.75) is 20.3 Å². The maximum atomic E-state index is 3.42. The number of halogens is 1. The summed E-state index contributed by atoms with van der Waals surface area (Å²) in [7, 11) is 0. The molecule has 2 heteroatoms. The number of nitrogens with one attached hydrogen (secondary N) is 1. The molecule has 0 radical (unpaired) electrons. The summed E-state index contributed by atoms with van der Waals surface area (Å²) in [4.78, 5) is 3.27. The van der Waals surface area contributed by atoms with Gasteiger partial charge in [-0.15, -0.1) is 0 Å². The van der Waals surface area contributed by atoms with E-state index in [2.05, 4.69) is 40.8 Å². The Morgan fingerprint density at radius 1 is 1.50 bits per heavy atom. The van der Waals surface area contributed by atoms with Gasteiger partial charge in [-0.3, -0.25) is 0 Å². The van der Waals surface area contributed by atoms with Gasteiger partial charge in [0.15, 0.2) is 0 Å². The number of hydrogen-bond acceptors (Lipinski definition) is 0. The Kier molecular flexibility index (Phi) is 2.55. The molecule has 1 aromatic rings. The number of aromatic nitrogens is 1. The molecule has 0 saturated carbocycles. The average Bonchev–Trinajstić information content (AvgIpc) is 2.13. The van der Waals surface area contributed by atoms with Gasteiger partial charge in [0, 0.05) is 16.7 Å². The summed E-state index contributed by atoms with van der Waals surface area (Å²) < 4.78 is 0. The first-order valence-corrected chi connectivity index (χ1v) is 4.57. The molecule has 0 fully saturated rings. The van der Waals surface area contributed by atoms with Crippen LogP contribution in [0.5, 0.6) is 0 Å². The normalized spacial score (nSPS) is 10.3. The van der Waals surface area contributed by atoms with Crippen LogP contribution in [0, 0.1) is 13.8 Å². The second-order valence-electron chi connectivity index (χ2n) is 2.54. The van der Waals surface area contributed by atoms with Crippen LogP contribution in [0.4, 0.5) is 0 Å². The van der Waals surface area contributed by atoms with Crippen molar-refractivity contribution < 1.29 is 0 Å². The highest BCUT2D eigenvalue weighted by Gasteiger charge is 1.98. The third-order valence-corrected chi connectivity index (χ3v) is 2.02. The van der Waals surface area contributed by atoms with Crippen LogP contribution >= 0.6 is 15.9 Å². The Labute approximate surface area is 70.0 Å². The largest absolute Gasteiger partial charge is 0.362 e. The average molecular weight is 202 g/mol. The number of alkyl halides is 1. The van der Waals surface area contributed by atoms with Crippen LogP contribution in [0.25, 0.3) is 0 Å². The molecule has 0 aromatic carbocycles. The van der Waals surface area contributed by atoms with Crippen LogP contribution in [0.3, 0.4) is 0 Å². The van der Waals surface area contributed by atoms with E-state index in [0.717, 1.165) is 11.8 Å². The summed E-state index contributed by atoms with van der Waals surface area (Å²) in [6.07, 6.45) is 1.12. The highest BCUT2D eigenvalue weighted by molar-refractivity contribution is 9.09.